The van der Waals surface area contributed by atoms with Gasteiger partial charge in [-0.25, -0.2) is 4.98 Å². The third-order valence-electron chi connectivity index (χ3n) is 3.26. The fourth-order valence-electron chi connectivity index (χ4n) is 2.29. The largest absolute Gasteiger partial charge is 0.392 e. The van der Waals surface area contributed by atoms with Crippen molar-refractivity contribution in [3.63, 3.8) is 0 Å². The van der Waals surface area contributed by atoms with Crippen LogP contribution in [0.1, 0.15) is 5.56 Å². The van der Waals surface area contributed by atoms with E-state index in [2.05, 4.69) is 9.55 Å². The lowest BCUT2D eigenvalue weighted by molar-refractivity contribution is 0.283. The van der Waals surface area contributed by atoms with Crippen molar-refractivity contribution in [1.29, 1.82) is 0 Å². The molecule has 0 aliphatic rings. The van der Waals surface area contributed by atoms with Crippen molar-refractivity contribution in [3.05, 3.63) is 53.7 Å². The van der Waals surface area contributed by atoms with Gasteiger partial charge in [0.15, 0.2) is 0 Å². The highest BCUT2D eigenvalue weighted by molar-refractivity contribution is 6.31. The number of halogens is 1. The molecule has 19 heavy (non-hydrogen) atoms. The van der Waals surface area contributed by atoms with Gasteiger partial charge in [0, 0.05) is 53.2 Å². The topological polar surface area (TPSA) is 43.0 Å². The number of aliphatic hydroxyl groups excluding tert-OH is 1. The molecule has 0 saturated carbocycles. The number of aliphatic hydroxyl groups is 1. The molecule has 0 spiro atoms. The Balaban J connectivity index is 1.95. The lowest BCUT2D eigenvalue weighted by Crippen LogP contribution is -2.04. The Labute approximate surface area is 115 Å². The second-order valence-corrected chi connectivity index (χ2v) is 4.90. The molecule has 4 nitrogen and oxygen atoms in total. The molecule has 0 saturated heterocycles. The maximum Gasteiger partial charge on any atom is 0.0946 e. The van der Waals surface area contributed by atoms with E-state index >= 15 is 0 Å². The molecule has 0 amide bonds. The highest BCUT2D eigenvalue weighted by atomic mass is 35.5. The number of fused-ring (bicyclic) bond motifs is 1. The molecule has 0 radical (unpaired) electrons. The number of aryl methyl sites for hydroxylation is 2. The average Bonchev–Trinajstić information content (AvgIpc) is 3.03. The minimum atomic E-state index is 0.0379. The van der Waals surface area contributed by atoms with E-state index in [4.69, 9.17) is 11.6 Å². The summed E-state index contributed by atoms with van der Waals surface area (Å²) in [5.74, 6) is 0. The Morgan fingerprint density at radius 1 is 1.26 bits per heavy atom. The van der Waals surface area contributed by atoms with Gasteiger partial charge in [-0.15, -0.1) is 0 Å². The van der Waals surface area contributed by atoms with Crippen LogP contribution in [-0.4, -0.2) is 19.2 Å². The summed E-state index contributed by atoms with van der Waals surface area (Å²) in [6.07, 6.45) is 7.49. The molecule has 1 N–H and O–H groups in total. The lowest BCUT2D eigenvalue weighted by atomic mass is 10.2. The van der Waals surface area contributed by atoms with Crippen LogP contribution in [0.3, 0.4) is 0 Å². The van der Waals surface area contributed by atoms with Crippen LogP contribution in [0.5, 0.6) is 0 Å². The molecule has 5 heteroatoms. The SMILES string of the molecule is OCc1cn(CCn2ccnc2)c2cc(Cl)ccc12. The quantitative estimate of drug-likeness (QED) is 0.795. The Morgan fingerprint density at radius 3 is 2.89 bits per heavy atom. The molecule has 2 heterocycles. The van der Waals surface area contributed by atoms with Crippen LogP contribution in [-0.2, 0) is 19.7 Å². The standard InChI is InChI=1S/C14H14ClN3O/c15-12-1-2-13-11(9-19)8-18(14(13)7-12)6-5-17-4-3-16-10-17/h1-4,7-8,10,19H,5-6,9H2. The van der Waals surface area contributed by atoms with Crippen molar-refractivity contribution in [2.75, 3.05) is 0 Å². The second-order valence-electron chi connectivity index (χ2n) is 4.47. The van der Waals surface area contributed by atoms with Crippen LogP contribution >= 0.6 is 11.6 Å². The lowest BCUT2D eigenvalue weighted by Gasteiger charge is -2.06. The normalized spacial score (nSPS) is 11.3. The second kappa shape index (κ2) is 5.07. The van der Waals surface area contributed by atoms with Crippen molar-refractivity contribution >= 4 is 22.5 Å². The minimum Gasteiger partial charge on any atom is -0.392 e. The molecule has 98 valence electrons. The summed E-state index contributed by atoms with van der Waals surface area (Å²) in [4.78, 5) is 4.02. The molecule has 0 unspecified atom stereocenters. The molecule has 0 fully saturated rings. The molecular weight excluding hydrogens is 262 g/mol. The molecule has 1 aromatic carbocycles. The number of rotatable bonds is 4. The maximum atomic E-state index is 9.41. The van der Waals surface area contributed by atoms with Crippen LogP contribution in [0.4, 0.5) is 0 Å². The number of nitrogens with zero attached hydrogens (tertiary/aromatic N) is 3. The highest BCUT2D eigenvalue weighted by Crippen LogP contribution is 2.25. The molecule has 2 aromatic heterocycles. The highest BCUT2D eigenvalue weighted by Gasteiger charge is 2.08. The first-order valence-electron chi connectivity index (χ1n) is 6.12. The molecule has 3 rings (SSSR count). The fraction of sp³-hybridized carbons (Fsp3) is 0.214. The average molecular weight is 276 g/mol. The van der Waals surface area contributed by atoms with E-state index in [0.717, 1.165) is 29.6 Å². The first kappa shape index (κ1) is 12.3. The van der Waals surface area contributed by atoms with Crippen LogP contribution in [0.25, 0.3) is 10.9 Å². The van der Waals surface area contributed by atoms with E-state index in [9.17, 15) is 5.11 Å². The summed E-state index contributed by atoms with van der Waals surface area (Å²) < 4.78 is 4.14. The van der Waals surface area contributed by atoms with Crippen LogP contribution in [0.15, 0.2) is 43.1 Å². The minimum absolute atomic E-state index is 0.0379. The number of hydrogen-bond acceptors (Lipinski definition) is 2. The van der Waals surface area contributed by atoms with Gasteiger partial charge in [-0.05, 0) is 12.1 Å². The summed E-state index contributed by atoms with van der Waals surface area (Å²) >= 11 is 6.05. The van der Waals surface area contributed by atoms with Gasteiger partial charge in [0.2, 0.25) is 0 Å². The first-order chi connectivity index (χ1) is 9.28. The maximum absolute atomic E-state index is 9.41. The fourth-order valence-corrected chi connectivity index (χ4v) is 2.46. The van der Waals surface area contributed by atoms with Crippen molar-refractivity contribution in [1.82, 2.24) is 14.1 Å². The summed E-state index contributed by atoms with van der Waals surface area (Å²) in [6, 6.07) is 5.74. The van der Waals surface area contributed by atoms with Gasteiger partial charge in [0.25, 0.3) is 0 Å². The molecule has 0 aliphatic heterocycles. The third-order valence-corrected chi connectivity index (χ3v) is 3.49. The predicted molar refractivity (Wildman–Crippen MR) is 75.1 cm³/mol. The third kappa shape index (κ3) is 2.37. The van der Waals surface area contributed by atoms with Gasteiger partial charge >= 0.3 is 0 Å². The van der Waals surface area contributed by atoms with E-state index in [1.165, 1.54) is 0 Å². The zero-order valence-corrected chi connectivity index (χ0v) is 11.1. The molecular formula is C14H14ClN3O. The van der Waals surface area contributed by atoms with Gasteiger partial charge < -0.3 is 14.2 Å². The Bertz CT molecular complexity index is 688. The van der Waals surface area contributed by atoms with E-state index < -0.39 is 0 Å². The molecule has 0 aliphatic carbocycles. The summed E-state index contributed by atoms with van der Waals surface area (Å²) in [7, 11) is 0. The molecule has 3 aromatic rings. The number of aromatic nitrogens is 3. The number of benzene rings is 1. The van der Waals surface area contributed by atoms with Gasteiger partial charge in [-0.1, -0.05) is 17.7 Å². The van der Waals surface area contributed by atoms with Gasteiger partial charge in [-0.3, -0.25) is 0 Å². The monoisotopic (exact) mass is 275 g/mol. The Hall–Kier alpha value is -1.78. The zero-order chi connectivity index (χ0) is 13.2. The van der Waals surface area contributed by atoms with Crippen molar-refractivity contribution in [2.24, 2.45) is 0 Å². The van der Waals surface area contributed by atoms with E-state index in [0.29, 0.717) is 5.02 Å². The Kier molecular flexibility index (Phi) is 3.27. The van der Waals surface area contributed by atoms with E-state index in [-0.39, 0.29) is 6.61 Å². The van der Waals surface area contributed by atoms with Crippen molar-refractivity contribution in [2.45, 2.75) is 19.7 Å². The van der Waals surface area contributed by atoms with Crippen LogP contribution in [0.2, 0.25) is 5.02 Å². The summed E-state index contributed by atoms with van der Waals surface area (Å²) in [5.41, 5.74) is 1.98. The smallest absolute Gasteiger partial charge is 0.0946 e. The molecule has 0 bridgehead atoms. The van der Waals surface area contributed by atoms with Gasteiger partial charge in [0.1, 0.15) is 0 Å². The summed E-state index contributed by atoms with van der Waals surface area (Å²) in [5, 5.41) is 11.2. The summed E-state index contributed by atoms with van der Waals surface area (Å²) in [6.45, 7) is 1.69. The van der Waals surface area contributed by atoms with E-state index in [1.807, 2.05) is 35.2 Å². The predicted octanol–water partition coefficient (Wildman–Crippen LogP) is 2.68. The van der Waals surface area contributed by atoms with Gasteiger partial charge in [0.05, 0.1) is 12.9 Å². The first-order valence-corrected chi connectivity index (χ1v) is 6.49. The van der Waals surface area contributed by atoms with E-state index in [1.54, 1.807) is 12.5 Å². The van der Waals surface area contributed by atoms with Crippen LogP contribution < -0.4 is 0 Å². The Morgan fingerprint density at radius 2 is 2.16 bits per heavy atom. The number of hydrogen-bond donors (Lipinski definition) is 1. The van der Waals surface area contributed by atoms with Gasteiger partial charge in [-0.2, -0.15) is 0 Å². The van der Waals surface area contributed by atoms with Crippen molar-refractivity contribution < 1.29 is 5.11 Å². The van der Waals surface area contributed by atoms with Crippen LogP contribution in [0, 0.1) is 0 Å². The number of imidazole rings is 1. The zero-order valence-electron chi connectivity index (χ0n) is 10.3. The van der Waals surface area contributed by atoms with Crippen molar-refractivity contribution in [3.8, 4) is 0 Å². The molecule has 0 atom stereocenters.